The van der Waals surface area contributed by atoms with Crippen molar-refractivity contribution in [1.82, 2.24) is 5.32 Å². The maximum atomic E-state index is 6.55. The predicted molar refractivity (Wildman–Crippen MR) is 125 cm³/mol. The number of hydrogen-bond donors (Lipinski definition) is 1. The predicted octanol–water partition coefficient (Wildman–Crippen LogP) is 7.48. The van der Waals surface area contributed by atoms with Crippen LogP contribution in [0.3, 0.4) is 0 Å². The zero-order chi connectivity index (χ0) is 21.5. The summed E-state index contributed by atoms with van der Waals surface area (Å²) in [6.07, 6.45) is 0. The first-order valence-corrected chi connectivity index (χ1v) is 10.9. The Balaban J connectivity index is 1.72. The Bertz CT molecular complexity index is 980. The van der Waals surface area contributed by atoms with Crippen molar-refractivity contribution in [3.8, 4) is 11.5 Å². The van der Waals surface area contributed by atoms with Crippen LogP contribution in [0.2, 0.25) is 15.1 Å². The Labute approximate surface area is 192 Å². The lowest BCUT2D eigenvalue weighted by Gasteiger charge is -2.18. The van der Waals surface area contributed by atoms with Crippen LogP contribution in [0.5, 0.6) is 11.5 Å². The van der Waals surface area contributed by atoms with Gasteiger partial charge in [0, 0.05) is 12.6 Å². The third kappa shape index (κ3) is 6.05. The molecule has 0 radical (unpaired) electrons. The number of hydrogen-bond acceptors (Lipinski definition) is 3. The van der Waals surface area contributed by atoms with Gasteiger partial charge in [-0.2, -0.15) is 0 Å². The molecule has 0 bridgehead atoms. The first-order chi connectivity index (χ1) is 14.5. The van der Waals surface area contributed by atoms with E-state index in [9.17, 15) is 0 Å². The highest BCUT2D eigenvalue weighted by molar-refractivity contribution is 6.42. The minimum Gasteiger partial charge on any atom is -0.490 e. The van der Waals surface area contributed by atoms with Crippen LogP contribution in [-0.2, 0) is 13.2 Å². The monoisotopic (exact) mass is 463 g/mol. The van der Waals surface area contributed by atoms with E-state index < -0.39 is 0 Å². The van der Waals surface area contributed by atoms with Crippen LogP contribution in [0.15, 0.2) is 60.7 Å². The number of ether oxygens (including phenoxy) is 2. The van der Waals surface area contributed by atoms with Crippen LogP contribution in [0.25, 0.3) is 0 Å². The topological polar surface area (TPSA) is 30.5 Å². The quantitative estimate of drug-likeness (QED) is 0.356. The minimum atomic E-state index is 0.214. The molecule has 1 N–H and O–H groups in total. The fraction of sp³-hybridized carbons (Fsp3) is 0.250. The third-order valence-electron chi connectivity index (χ3n) is 4.65. The normalized spacial score (nSPS) is 11.9. The highest BCUT2D eigenvalue weighted by Crippen LogP contribution is 2.37. The van der Waals surface area contributed by atoms with Crippen molar-refractivity contribution in [3.05, 3.63) is 92.4 Å². The fourth-order valence-electron chi connectivity index (χ4n) is 3.04. The molecule has 158 valence electrons. The second kappa shape index (κ2) is 10.9. The van der Waals surface area contributed by atoms with Gasteiger partial charge in [-0.15, -0.1) is 0 Å². The largest absolute Gasteiger partial charge is 0.490 e. The van der Waals surface area contributed by atoms with Gasteiger partial charge in [0.15, 0.2) is 11.5 Å². The summed E-state index contributed by atoms with van der Waals surface area (Å²) >= 11 is 18.6. The summed E-state index contributed by atoms with van der Waals surface area (Å²) in [6, 6.07) is 19.8. The van der Waals surface area contributed by atoms with Gasteiger partial charge in [0.25, 0.3) is 0 Å². The maximum absolute atomic E-state index is 6.55. The van der Waals surface area contributed by atoms with Gasteiger partial charge in [-0.3, -0.25) is 0 Å². The fourth-order valence-corrected chi connectivity index (χ4v) is 3.65. The molecule has 0 aliphatic heterocycles. The van der Waals surface area contributed by atoms with E-state index in [0.29, 0.717) is 46.3 Å². The molecule has 0 saturated carbocycles. The van der Waals surface area contributed by atoms with Gasteiger partial charge in [0.2, 0.25) is 0 Å². The molecule has 3 aromatic carbocycles. The van der Waals surface area contributed by atoms with E-state index in [1.807, 2.05) is 43.3 Å². The second-order valence-electron chi connectivity index (χ2n) is 6.89. The summed E-state index contributed by atoms with van der Waals surface area (Å²) in [4.78, 5) is 0. The minimum absolute atomic E-state index is 0.214. The lowest BCUT2D eigenvalue weighted by atomic mass is 10.1. The highest BCUT2D eigenvalue weighted by Gasteiger charge is 2.14. The molecule has 0 fully saturated rings. The summed E-state index contributed by atoms with van der Waals surface area (Å²) in [5.41, 5.74) is 3.15. The molecule has 3 aromatic rings. The third-order valence-corrected chi connectivity index (χ3v) is 5.67. The van der Waals surface area contributed by atoms with Crippen LogP contribution in [0, 0.1) is 0 Å². The molecule has 1 atom stereocenters. The van der Waals surface area contributed by atoms with E-state index in [4.69, 9.17) is 44.3 Å². The zero-order valence-electron chi connectivity index (χ0n) is 16.9. The smallest absolute Gasteiger partial charge is 0.180 e. The van der Waals surface area contributed by atoms with Crippen LogP contribution >= 0.6 is 34.8 Å². The van der Waals surface area contributed by atoms with Crippen molar-refractivity contribution in [1.29, 1.82) is 0 Å². The van der Waals surface area contributed by atoms with E-state index in [1.165, 1.54) is 5.56 Å². The van der Waals surface area contributed by atoms with Gasteiger partial charge in [0.1, 0.15) is 6.61 Å². The molecule has 0 aromatic heterocycles. The van der Waals surface area contributed by atoms with Crippen LogP contribution in [0.4, 0.5) is 0 Å². The lowest BCUT2D eigenvalue weighted by Crippen LogP contribution is -2.18. The number of halogens is 3. The maximum Gasteiger partial charge on any atom is 0.180 e. The van der Waals surface area contributed by atoms with Crippen molar-refractivity contribution in [3.63, 3.8) is 0 Å². The molecular formula is C24H24Cl3NO2. The van der Waals surface area contributed by atoms with Gasteiger partial charge >= 0.3 is 0 Å². The average Bonchev–Trinajstić information content (AvgIpc) is 2.74. The van der Waals surface area contributed by atoms with Crippen LogP contribution in [-0.4, -0.2) is 6.61 Å². The second-order valence-corrected chi connectivity index (χ2v) is 8.11. The number of benzene rings is 3. The average molecular weight is 465 g/mol. The van der Waals surface area contributed by atoms with Crippen molar-refractivity contribution in [2.75, 3.05) is 6.61 Å². The molecular weight excluding hydrogens is 441 g/mol. The molecule has 6 heteroatoms. The van der Waals surface area contributed by atoms with Gasteiger partial charge in [-0.05, 0) is 54.8 Å². The van der Waals surface area contributed by atoms with Crippen molar-refractivity contribution in [2.45, 2.75) is 33.0 Å². The highest BCUT2D eigenvalue weighted by atomic mass is 35.5. The molecule has 0 spiro atoms. The first-order valence-electron chi connectivity index (χ1n) is 9.78. The molecule has 0 heterocycles. The molecule has 30 heavy (non-hydrogen) atoms. The van der Waals surface area contributed by atoms with Gasteiger partial charge in [-0.25, -0.2) is 0 Å². The molecule has 3 rings (SSSR count). The van der Waals surface area contributed by atoms with E-state index in [-0.39, 0.29) is 6.04 Å². The Morgan fingerprint density at radius 1 is 0.833 bits per heavy atom. The standard InChI is InChI=1S/C24H24Cl3NO2/c1-3-29-23-13-18(14-28-16(2)19-7-5-4-6-8-19)12-22(27)24(23)30-15-17-9-10-20(25)21(26)11-17/h4-13,16,28H,3,14-15H2,1-2H3. The number of rotatable bonds is 9. The van der Waals surface area contributed by atoms with Crippen LogP contribution in [0.1, 0.15) is 36.6 Å². The Hall–Kier alpha value is -1.91. The van der Waals surface area contributed by atoms with E-state index in [2.05, 4.69) is 24.4 Å². The van der Waals surface area contributed by atoms with Crippen molar-refractivity contribution in [2.24, 2.45) is 0 Å². The van der Waals surface area contributed by atoms with Crippen LogP contribution < -0.4 is 14.8 Å². The summed E-state index contributed by atoms with van der Waals surface area (Å²) in [5, 5.41) is 5.02. The van der Waals surface area contributed by atoms with Crippen molar-refractivity contribution >= 4 is 34.8 Å². The van der Waals surface area contributed by atoms with E-state index in [1.54, 1.807) is 12.1 Å². The molecule has 0 saturated heterocycles. The SMILES string of the molecule is CCOc1cc(CNC(C)c2ccccc2)cc(Cl)c1OCc1ccc(Cl)c(Cl)c1. The Kier molecular flexibility index (Phi) is 8.29. The molecule has 1 unspecified atom stereocenters. The van der Waals surface area contributed by atoms with E-state index >= 15 is 0 Å². The molecule has 0 amide bonds. The van der Waals surface area contributed by atoms with Gasteiger partial charge in [-0.1, -0.05) is 71.2 Å². The summed E-state index contributed by atoms with van der Waals surface area (Å²) in [7, 11) is 0. The molecule has 0 aliphatic carbocycles. The first kappa shape index (κ1) is 22.8. The molecule has 3 nitrogen and oxygen atoms in total. The summed E-state index contributed by atoms with van der Waals surface area (Å²) < 4.78 is 11.8. The van der Waals surface area contributed by atoms with Gasteiger partial charge < -0.3 is 14.8 Å². The lowest BCUT2D eigenvalue weighted by molar-refractivity contribution is 0.269. The Morgan fingerprint density at radius 2 is 1.57 bits per heavy atom. The number of nitrogens with one attached hydrogen (secondary N) is 1. The van der Waals surface area contributed by atoms with Crippen molar-refractivity contribution < 1.29 is 9.47 Å². The zero-order valence-corrected chi connectivity index (χ0v) is 19.2. The van der Waals surface area contributed by atoms with Gasteiger partial charge in [0.05, 0.1) is 21.7 Å². The summed E-state index contributed by atoms with van der Waals surface area (Å²) in [5.74, 6) is 1.14. The molecule has 0 aliphatic rings. The summed E-state index contributed by atoms with van der Waals surface area (Å²) in [6.45, 7) is 5.53. The van der Waals surface area contributed by atoms with E-state index in [0.717, 1.165) is 11.1 Å². The Morgan fingerprint density at radius 3 is 2.27 bits per heavy atom.